The Balaban J connectivity index is 1.40. The van der Waals surface area contributed by atoms with Crippen LogP contribution in [0.15, 0.2) is 48.7 Å². The highest BCUT2D eigenvalue weighted by Gasteiger charge is 2.23. The molecule has 5 heteroatoms. The van der Waals surface area contributed by atoms with E-state index in [0.29, 0.717) is 5.69 Å². The predicted molar refractivity (Wildman–Crippen MR) is 98.5 cm³/mol. The maximum atomic E-state index is 12.8. The van der Waals surface area contributed by atoms with Gasteiger partial charge in [0.2, 0.25) is 0 Å². The summed E-state index contributed by atoms with van der Waals surface area (Å²) in [5.41, 5.74) is 3.98. The molecule has 2 aromatic heterocycles. The lowest BCUT2D eigenvalue weighted by atomic mass is 10.2. The van der Waals surface area contributed by atoms with Crippen LogP contribution in [-0.4, -0.2) is 51.9 Å². The Morgan fingerprint density at radius 3 is 2.72 bits per heavy atom. The lowest BCUT2D eigenvalue weighted by Crippen LogP contribution is -2.48. The van der Waals surface area contributed by atoms with Crippen LogP contribution in [0.3, 0.4) is 0 Å². The van der Waals surface area contributed by atoms with Crippen LogP contribution < -0.4 is 0 Å². The summed E-state index contributed by atoms with van der Waals surface area (Å²) in [7, 11) is 0. The number of carbonyl (C=O) groups is 1. The fraction of sp³-hybridized carbons (Fsp3) is 0.300. The maximum Gasteiger partial charge on any atom is 0.270 e. The van der Waals surface area contributed by atoms with Crippen molar-refractivity contribution in [1.82, 2.24) is 19.8 Å². The first-order chi connectivity index (χ1) is 12.2. The van der Waals surface area contributed by atoms with E-state index in [0.717, 1.165) is 49.3 Å². The number of aromatic nitrogens is 2. The molecule has 1 N–H and O–H groups in total. The van der Waals surface area contributed by atoms with Gasteiger partial charge in [-0.1, -0.05) is 17.7 Å². The third-order valence-electron chi connectivity index (χ3n) is 4.78. The van der Waals surface area contributed by atoms with Crippen LogP contribution in [0.5, 0.6) is 0 Å². The van der Waals surface area contributed by atoms with Gasteiger partial charge >= 0.3 is 0 Å². The van der Waals surface area contributed by atoms with Gasteiger partial charge in [-0.05, 0) is 37.3 Å². The van der Waals surface area contributed by atoms with Gasteiger partial charge in [0.05, 0.1) is 5.69 Å². The fourth-order valence-electron chi connectivity index (χ4n) is 3.37. The van der Waals surface area contributed by atoms with Gasteiger partial charge in [0.25, 0.3) is 5.91 Å². The van der Waals surface area contributed by atoms with Crippen molar-refractivity contribution in [2.24, 2.45) is 0 Å². The van der Waals surface area contributed by atoms with E-state index < -0.39 is 0 Å². The number of carbonyl (C=O) groups excluding carboxylic acids is 1. The van der Waals surface area contributed by atoms with Crippen LogP contribution in [0.1, 0.15) is 21.7 Å². The number of amides is 1. The summed E-state index contributed by atoms with van der Waals surface area (Å²) in [5.74, 6) is 0.0892. The molecular formula is C20H22N4O. The number of nitrogens with one attached hydrogen (secondary N) is 1. The first-order valence-corrected chi connectivity index (χ1v) is 8.70. The molecule has 1 saturated heterocycles. The van der Waals surface area contributed by atoms with Gasteiger partial charge in [-0.25, -0.2) is 0 Å². The number of nitrogens with zero attached hydrogens (tertiary/aromatic N) is 3. The van der Waals surface area contributed by atoms with Gasteiger partial charge < -0.3 is 9.88 Å². The molecule has 0 bridgehead atoms. The Kier molecular flexibility index (Phi) is 4.24. The number of aryl methyl sites for hydroxylation is 1. The van der Waals surface area contributed by atoms with E-state index >= 15 is 0 Å². The summed E-state index contributed by atoms with van der Waals surface area (Å²) < 4.78 is 0. The van der Waals surface area contributed by atoms with Gasteiger partial charge in [0.1, 0.15) is 5.69 Å². The van der Waals surface area contributed by atoms with E-state index in [9.17, 15) is 4.79 Å². The molecule has 0 unspecified atom stereocenters. The molecule has 4 rings (SSSR count). The molecule has 0 aliphatic carbocycles. The van der Waals surface area contributed by atoms with Crippen molar-refractivity contribution < 1.29 is 4.79 Å². The monoisotopic (exact) mass is 334 g/mol. The number of fused-ring (bicyclic) bond motifs is 1. The summed E-state index contributed by atoms with van der Waals surface area (Å²) in [5, 5.41) is 1.09. The second-order valence-corrected chi connectivity index (χ2v) is 6.66. The Labute approximate surface area is 147 Å². The molecule has 1 aliphatic rings. The number of piperazine rings is 1. The lowest BCUT2D eigenvalue weighted by Gasteiger charge is -2.34. The lowest BCUT2D eigenvalue weighted by molar-refractivity contribution is 0.0622. The standard InChI is InChI=1S/C20H22N4O/c1-15-5-6-18-16(12-15)13-19(22-18)20(25)24-10-8-23(9-11-24)14-17-4-2-3-7-21-17/h2-7,12-13,22H,8-11,14H2,1H3. The van der Waals surface area contributed by atoms with Crippen LogP contribution in [0.25, 0.3) is 10.9 Å². The highest BCUT2D eigenvalue weighted by atomic mass is 16.2. The third-order valence-corrected chi connectivity index (χ3v) is 4.78. The molecule has 0 radical (unpaired) electrons. The number of hydrogen-bond donors (Lipinski definition) is 1. The van der Waals surface area contributed by atoms with Gasteiger partial charge in [-0.2, -0.15) is 0 Å². The molecule has 5 nitrogen and oxygen atoms in total. The van der Waals surface area contributed by atoms with Gasteiger partial charge in [-0.15, -0.1) is 0 Å². The SMILES string of the molecule is Cc1ccc2[nH]c(C(=O)N3CCN(Cc4ccccn4)CC3)cc2c1. The van der Waals surface area contributed by atoms with E-state index in [1.54, 1.807) is 0 Å². The Hall–Kier alpha value is -2.66. The average molecular weight is 334 g/mol. The van der Waals surface area contributed by atoms with Crippen molar-refractivity contribution in [2.45, 2.75) is 13.5 Å². The Bertz CT molecular complexity index is 879. The van der Waals surface area contributed by atoms with Crippen molar-refractivity contribution in [2.75, 3.05) is 26.2 Å². The van der Waals surface area contributed by atoms with Gasteiger partial charge in [0.15, 0.2) is 0 Å². The van der Waals surface area contributed by atoms with E-state index in [1.807, 2.05) is 41.4 Å². The normalized spacial score (nSPS) is 15.6. The zero-order chi connectivity index (χ0) is 17.2. The minimum Gasteiger partial charge on any atom is -0.351 e. The third kappa shape index (κ3) is 3.42. The molecule has 0 saturated carbocycles. The molecular weight excluding hydrogens is 312 g/mol. The Morgan fingerprint density at radius 2 is 1.96 bits per heavy atom. The summed E-state index contributed by atoms with van der Waals surface area (Å²) >= 11 is 0. The second-order valence-electron chi connectivity index (χ2n) is 6.66. The topological polar surface area (TPSA) is 52.2 Å². The largest absolute Gasteiger partial charge is 0.351 e. The number of pyridine rings is 1. The predicted octanol–water partition coefficient (Wildman–Crippen LogP) is 2.83. The van der Waals surface area contributed by atoms with E-state index in [4.69, 9.17) is 0 Å². The molecule has 1 aliphatic heterocycles. The van der Waals surface area contributed by atoms with Crippen LogP contribution in [0.2, 0.25) is 0 Å². The summed E-state index contributed by atoms with van der Waals surface area (Å²) in [6, 6.07) is 14.2. The number of rotatable bonds is 3. The molecule has 1 aromatic carbocycles. The number of H-pyrrole nitrogens is 1. The second kappa shape index (κ2) is 6.69. The first kappa shape index (κ1) is 15.8. The van der Waals surface area contributed by atoms with Crippen molar-refractivity contribution >= 4 is 16.8 Å². The molecule has 3 aromatic rings. The van der Waals surface area contributed by atoms with Gasteiger partial charge in [-0.3, -0.25) is 14.7 Å². The van der Waals surface area contributed by atoms with E-state index in [-0.39, 0.29) is 5.91 Å². The van der Waals surface area contributed by atoms with Crippen molar-refractivity contribution in [3.05, 3.63) is 65.6 Å². The smallest absolute Gasteiger partial charge is 0.270 e. The molecule has 128 valence electrons. The molecule has 1 amide bonds. The summed E-state index contributed by atoms with van der Waals surface area (Å²) in [6.07, 6.45) is 1.83. The quantitative estimate of drug-likeness (QED) is 0.801. The minimum atomic E-state index is 0.0892. The van der Waals surface area contributed by atoms with Crippen molar-refractivity contribution in [1.29, 1.82) is 0 Å². The first-order valence-electron chi connectivity index (χ1n) is 8.70. The number of benzene rings is 1. The zero-order valence-electron chi connectivity index (χ0n) is 14.4. The molecule has 0 atom stereocenters. The number of aromatic amines is 1. The van der Waals surface area contributed by atoms with Crippen LogP contribution in [0.4, 0.5) is 0 Å². The zero-order valence-corrected chi connectivity index (χ0v) is 14.4. The highest BCUT2D eigenvalue weighted by Crippen LogP contribution is 2.19. The molecule has 0 spiro atoms. The molecule has 1 fully saturated rings. The van der Waals surface area contributed by atoms with Crippen LogP contribution in [0, 0.1) is 6.92 Å². The van der Waals surface area contributed by atoms with E-state index in [1.165, 1.54) is 5.56 Å². The van der Waals surface area contributed by atoms with Crippen molar-refractivity contribution in [3.63, 3.8) is 0 Å². The van der Waals surface area contributed by atoms with Gasteiger partial charge in [0, 0.05) is 49.8 Å². The van der Waals surface area contributed by atoms with Crippen molar-refractivity contribution in [3.8, 4) is 0 Å². The highest BCUT2D eigenvalue weighted by molar-refractivity contribution is 5.98. The number of hydrogen-bond acceptors (Lipinski definition) is 3. The fourth-order valence-corrected chi connectivity index (χ4v) is 3.37. The van der Waals surface area contributed by atoms with Crippen LogP contribution >= 0.6 is 0 Å². The van der Waals surface area contributed by atoms with E-state index in [2.05, 4.69) is 33.9 Å². The van der Waals surface area contributed by atoms with Crippen LogP contribution in [-0.2, 0) is 6.54 Å². The summed E-state index contributed by atoms with van der Waals surface area (Å²) in [4.78, 5) is 24.7. The average Bonchev–Trinajstić information content (AvgIpc) is 3.06. The molecule has 25 heavy (non-hydrogen) atoms. The molecule has 3 heterocycles. The summed E-state index contributed by atoms with van der Waals surface area (Å²) in [6.45, 7) is 6.16. The maximum absolute atomic E-state index is 12.8. The Morgan fingerprint density at radius 1 is 1.12 bits per heavy atom. The minimum absolute atomic E-state index is 0.0892.